The smallest absolute Gasteiger partial charge is 0.255 e. The van der Waals surface area contributed by atoms with Crippen LogP contribution in [0.3, 0.4) is 0 Å². The van der Waals surface area contributed by atoms with Gasteiger partial charge >= 0.3 is 0 Å². The molecule has 100 valence electrons. The Hall–Kier alpha value is -1.88. The van der Waals surface area contributed by atoms with E-state index in [-0.39, 0.29) is 11.9 Å². The summed E-state index contributed by atoms with van der Waals surface area (Å²) in [5, 5.41) is 17.0. The molecule has 0 unspecified atom stereocenters. The molecule has 5 nitrogen and oxygen atoms in total. The van der Waals surface area contributed by atoms with Gasteiger partial charge in [-0.1, -0.05) is 18.9 Å². The molecule has 2 aromatic heterocycles. The quantitative estimate of drug-likeness (QED) is 0.856. The molecule has 2 heterocycles. The normalized spacial score (nSPS) is 23.4. The highest BCUT2D eigenvalue weighted by Crippen LogP contribution is 2.19. The number of fused-ring (bicyclic) bond motifs is 1. The molecule has 0 bridgehead atoms. The van der Waals surface area contributed by atoms with E-state index in [4.69, 9.17) is 0 Å². The maximum absolute atomic E-state index is 12.3. The van der Waals surface area contributed by atoms with E-state index >= 15 is 0 Å². The van der Waals surface area contributed by atoms with Gasteiger partial charge in [0.25, 0.3) is 5.91 Å². The monoisotopic (exact) mass is 259 g/mol. The molecule has 0 aliphatic heterocycles. The van der Waals surface area contributed by atoms with Gasteiger partial charge in [-0.25, -0.2) is 4.52 Å². The van der Waals surface area contributed by atoms with Crippen LogP contribution in [0, 0.1) is 0 Å². The third-order valence-electron chi connectivity index (χ3n) is 3.72. The summed E-state index contributed by atoms with van der Waals surface area (Å²) in [5.41, 5.74) is 1.34. The van der Waals surface area contributed by atoms with Crippen molar-refractivity contribution in [2.45, 2.75) is 37.8 Å². The van der Waals surface area contributed by atoms with Crippen LogP contribution >= 0.6 is 0 Å². The topological polar surface area (TPSA) is 66.6 Å². The average Bonchev–Trinajstić information content (AvgIpc) is 2.85. The van der Waals surface area contributed by atoms with Crippen molar-refractivity contribution in [1.82, 2.24) is 14.9 Å². The number of hydrogen-bond acceptors (Lipinski definition) is 3. The van der Waals surface area contributed by atoms with Crippen LogP contribution in [0.15, 0.2) is 30.6 Å². The molecular formula is C14H17N3O2. The second kappa shape index (κ2) is 5.01. The number of nitrogens with one attached hydrogen (secondary N) is 1. The number of pyridine rings is 1. The molecule has 1 aliphatic rings. The molecule has 2 N–H and O–H groups in total. The number of carbonyl (C=O) groups excluding carboxylic acids is 1. The van der Waals surface area contributed by atoms with Gasteiger partial charge in [0.05, 0.1) is 29.4 Å². The summed E-state index contributed by atoms with van der Waals surface area (Å²) in [6, 6.07) is 5.47. The van der Waals surface area contributed by atoms with Crippen molar-refractivity contribution in [1.29, 1.82) is 0 Å². The third-order valence-corrected chi connectivity index (χ3v) is 3.72. The predicted octanol–water partition coefficient (Wildman–Crippen LogP) is 1.37. The lowest BCUT2D eigenvalue weighted by Gasteiger charge is -2.28. The van der Waals surface area contributed by atoms with Crippen molar-refractivity contribution >= 4 is 11.4 Å². The zero-order chi connectivity index (χ0) is 13.2. The van der Waals surface area contributed by atoms with Gasteiger partial charge in [-0.2, -0.15) is 5.10 Å². The molecule has 19 heavy (non-hydrogen) atoms. The van der Waals surface area contributed by atoms with Gasteiger partial charge in [0.2, 0.25) is 0 Å². The SMILES string of the molecule is O=C(N[C@@H]1CCCC[C@H]1O)c1cnn2ccccc12. The predicted molar refractivity (Wildman–Crippen MR) is 70.9 cm³/mol. The third kappa shape index (κ3) is 2.33. The first-order valence-corrected chi connectivity index (χ1v) is 6.67. The summed E-state index contributed by atoms with van der Waals surface area (Å²) in [6.45, 7) is 0. The number of aromatic nitrogens is 2. The Labute approximate surface area is 111 Å². The number of amides is 1. The summed E-state index contributed by atoms with van der Waals surface area (Å²) in [6.07, 6.45) is 6.63. The molecule has 0 saturated heterocycles. The van der Waals surface area contributed by atoms with Gasteiger partial charge < -0.3 is 10.4 Å². The number of rotatable bonds is 2. The fourth-order valence-electron chi connectivity index (χ4n) is 2.64. The molecule has 3 rings (SSSR count). The molecular weight excluding hydrogens is 242 g/mol. The van der Waals surface area contributed by atoms with Crippen LogP contribution in [0.2, 0.25) is 0 Å². The van der Waals surface area contributed by atoms with E-state index in [1.165, 1.54) is 0 Å². The average molecular weight is 259 g/mol. The Balaban J connectivity index is 1.80. The zero-order valence-electron chi connectivity index (χ0n) is 10.6. The van der Waals surface area contributed by atoms with Crippen LogP contribution in [0.5, 0.6) is 0 Å². The van der Waals surface area contributed by atoms with E-state index in [1.807, 2.05) is 24.4 Å². The molecule has 0 aromatic carbocycles. The molecule has 5 heteroatoms. The van der Waals surface area contributed by atoms with Gasteiger partial charge in [-0.05, 0) is 25.0 Å². The first kappa shape index (κ1) is 12.2. The minimum Gasteiger partial charge on any atom is -0.391 e. The minimum absolute atomic E-state index is 0.139. The van der Waals surface area contributed by atoms with Crippen LogP contribution in [0.4, 0.5) is 0 Å². The van der Waals surface area contributed by atoms with Crippen LogP contribution in [-0.2, 0) is 0 Å². The molecule has 2 aromatic rings. The van der Waals surface area contributed by atoms with Gasteiger partial charge in [-0.15, -0.1) is 0 Å². The highest BCUT2D eigenvalue weighted by atomic mass is 16.3. The van der Waals surface area contributed by atoms with E-state index < -0.39 is 6.10 Å². The van der Waals surface area contributed by atoms with E-state index in [1.54, 1.807) is 10.7 Å². The van der Waals surface area contributed by atoms with Crippen molar-refractivity contribution in [3.8, 4) is 0 Å². The van der Waals surface area contributed by atoms with Crippen molar-refractivity contribution in [3.63, 3.8) is 0 Å². The number of aliphatic hydroxyl groups excluding tert-OH is 1. The van der Waals surface area contributed by atoms with Crippen LogP contribution < -0.4 is 5.32 Å². The van der Waals surface area contributed by atoms with E-state index in [2.05, 4.69) is 10.4 Å². The number of hydrogen-bond donors (Lipinski definition) is 2. The van der Waals surface area contributed by atoms with Gasteiger partial charge in [0.15, 0.2) is 0 Å². The Bertz CT molecular complexity index is 593. The standard InChI is InChI=1S/C14H17N3O2/c18-13-7-2-1-5-11(13)16-14(19)10-9-15-17-8-4-3-6-12(10)17/h3-4,6,8-9,11,13,18H,1-2,5,7H2,(H,16,19)/t11-,13-/m1/s1. The second-order valence-corrected chi connectivity index (χ2v) is 5.02. The fourth-order valence-corrected chi connectivity index (χ4v) is 2.64. The summed E-state index contributed by atoms with van der Waals surface area (Å²) >= 11 is 0. The Morgan fingerprint density at radius 3 is 3.05 bits per heavy atom. The first-order valence-electron chi connectivity index (χ1n) is 6.67. The van der Waals surface area contributed by atoms with Gasteiger partial charge in [0, 0.05) is 6.20 Å². The lowest BCUT2D eigenvalue weighted by atomic mass is 9.92. The van der Waals surface area contributed by atoms with Gasteiger partial charge in [-0.3, -0.25) is 4.79 Å². The molecule has 1 amide bonds. The van der Waals surface area contributed by atoms with Crippen molar-refractivity contribution in [2.24, 2.45) is 0 Å². The first-order chi connectivity index (χ1) is 9.25. The Morgan fingerprint density at radius 2 is 2.21 bits per heavy atom. The van der Waals surface area contributed by atoms with Crippen molar-refractivity contribution in [3.05, 3.63) is 36.2 Å². The van der Waals surface area contributed by atoms with E-state index in [0.717, 1.165) is 31.2 Å². The molecule has 1 saturated carbocycles. The number of nitrogens with zero attached hydrogens (tertiary/aromatic N) is 2. The number of aliphatic hydroxyl groups is 1. The lowest BCUT2D eigenvalue weighted by molar-refractivity contribution is 0.0718. The van der Waals surface area contributed by atoms with E-state index in [0.29, 0.717) is 5.56 Å². The zero-order valence-corrected chi connectivity index (χ0v) is 10.6. The van der Waals surface area contributed by atoms with Crippen molar-refractivity contribution < 1.29 is 9.90 Å². The van der Waals surface area contributed by atoms with E-state index in [9.17, 15) is 9.90 Å². The molecule has 2 atom stereocenters. The Morgan fingerprint density at radius 1 is 1.37 bits per heavy atom. The number of carbonyl (C=O) groups is 1. The molecule has 1 aliphatic carbocycles. The molecule has 0 radical (unpaired) electrons. The molecule has 1 fully saturated rings. The maximum Gasteiger partial charge on any atom is 0.255 e. The fraction of sp³-hybridized carbons (Fsp3) is 0.429. The highest BCUT2D eigenvalue weighted by molar-refractivity contribution is 6.00. The van der Waals surface area contributed by atoms with Crippen LogP contribution in [0.1, 0.15) is 36.0 Å². The van der Waals surface area contributed by atoms with Crippen molar-refractivity contribution in [2.75, 3.05) is 0 Å². The second-order valence-electron chi connectivity index (χ2n) is 5.02. The summed E-state index contributed by atoms with van der Waals surface area (Å²) < 4.78 is 1.67. The van der Waals surface area contributed by atoms with Gasteiger partial charge in [0.1, 0.15) is 0 Å². The molecule has 0 spiro atoms. The summed E-state index contributed by atoms with van der Waals surface area (Å²) in [5.74, 6) is -0.160. The minimum atomic E-state index is -0.431. The lowest BCUT2D eigenvalue weighted by Crippen LogP contribution is -2.45. The summed E-state index contributed by atoms with van der Waals surface area (Å²) in [4.78, 5) is 12.3. The largest absolute Gasteiger partial charge is 0.391 e. The highest BCUT2D eigenvalue weighted by Gasteiger charge is 2.25. The maximum atomic E-state index is 12.3. The summed E-state index contributed by atoms with van der Waals surface area (Å²) in [7, 11) is 0. The Kier molecular flexibility index (Phi) is 3.21. The van der Waals surface area contributed by atoms with Crippen LogP contribution in [0.25, 0.3) is 5.52 Å². The van der Waals surface area contributed by atoms with Crippen LogP contribution in [-0.4, -0.2) is 32.8 Å².